The van der Waals surface area contributed by atoms with Crippen LogP contribution < -0.4 is 14.9 Å². The third kappa shape index (κ3) is 6.90. The Labute approximate surface area is 243 Å². The molecule has 2 heterocycles. The van der Waals surface area contributed by atoms with E-state index in [4.69, 9.17) is 4.98 Å². The molecule has 1 fully saturated rings. The zero-order chi connectivity index (χ0) is 27.6. The number of halogens is 2. The number of aryl methyl sites for hydroxylation is 2. The number of carbonyl (C=O) groups excluding carboxylic acids is 1. The second kappa shape index (κ2) is 12.5. The molecule has 2 N–H and O–H groups in total. The van der Waals surface area contributed by atoms with Crippen LogP contribution >= 0.6 is 23.7 Å². The van der Waals surface area contributed by atoms with Crippen molar-refractivity contribution in [2.75, 3.05) is 48.9 Å². The molecule has 5 rings (SSSR count). The number of hydrogen-bond donors (Lipinski definition) is 2. The van der Waals surface area contributed by atoms with Crippen molar-refractivity contribution in [2.45, 2.75) is 18.7 Å². The first-order chi connectivity index (χ1) is 18.7. The summed E-state index contributed by atoms with van der Waals surface area (Å²) in [7, 11) is -3.85. The van der Waals surface area contributed by atoms with Gasteiger partial charge in [0.1, 0.15) is 5.82 Å². The lowest BCUT2D eigenvalue weighted by Gasteiger charge is -2.34. The highest BCUT2D eigenvalue weighted by Gasteiger charge is 2.20. The number of aromatic nitrogens is 1. The lowest BCUT2D eigenvalue weighted by molar-refractivity contribution is 0.0948. The molecule has 1 saturated heterocycles. The minimum atomic E-state index is -3.85. The second-order valence-electron chi connectivity index (χ2n) is 9.65. The molecule has 0 saturated carbocycles. The topological polar surface area (TPSA) is 94.6 Å². The first-order valence-corrected chi connectivity index (χ1v) is 15.0. The molecule has 40 heavy (non-hydrogen) atoms. The van der Waals surface area contributed by atoms with E-state index in [0.717, 1.165) is 55.5 Å². The minimum absolute atomic E-state index is 0. The van der Waals surface area contributed by atoms with Crippen molar-refractivity contribution >= 4 is 60.7 Å². The van der Waals surface area contributed by atoms with Crippen LogP contribution in [0.3, 0.4) is 0 Å². The molecule has 1 aliphatic heterocycles. The normalized spacial score (nSPS) is 14.1. The molecule has 0 bridgehead atoms. The van der Waals surface area contributed by atoms with Crippen LogP contribution in [0, 0.1) is 19.7 Å². The Kier molecular flexibility index (Phi) is 9.29. The smallest absolute Gasteiger partial charge is 0.261 e. The number of rotatable bonds is 8. The molecule has 4 aromatic rings. The first-order valence-electron chi connectivity index (χ1n) is 12.7. The number of thiazole rings is 1. The quantitative estimate of drug-likeness (QED) is 0.300. The summed E-state index contributed by atoms with van der Waals surface area (Å²) in [6.07, 6.45) is 0. The summed E-state index contributed by atoms with van der Waals surface area (Å²) in [6, 6.07) is 15.1. The number of benzene rings is 3. The van der Waals surface area contributed by atoms with Crippen molar-refractivity contribution in [3.05, 3.63) is 83.2 Å². The fourth-order valence-electron chi connectivity index (χ4n) is 4.60. The second-order valence-corrected chi connectivity index (χ2v) is 12.3. The average molecular weight is 604 g/mol. The summed E-state index contributed by atoms with van der Waals surface area (Å²) in [5, 5.41) is 4.00. The predicted molar refractivity (Wildman–Crippen MR) is 161 cm³/mol. The first kappa shape index (κ1) is 29.7. The van der Waals surface area contributed by atoms with Gasteiger partial charge in [-0.1, -0.05) is 17.4 Å². The van der Waals surface area contributed by atoms with E-state index in [1.165, 1.54) is 40.1 Å². The Hall–Kier alpha value is -3.25. The van der Waals surface area contributed by atoms with Gasteiger partial charge in [0.15, 0.2) is 5.13 Å². The van der Waals surface area contributed by atoms with Gasteiger partial charge >= 0.3 is 0 Å². The number of piperazine rings is 1. The highest BCUT2D eigenvalue weighted by Crippen LogP contribution is 2.32. The highest BCUT2D eigenvalue weighted by molar-refractivity contribution is 7.92. The number of sulfonamides is 1. The van der Waals surface area contributed by atoms with Gasteiger partial charge in [-0.15, -0.1) is 12.4 Å². The van der Waals surface area contributed by atoms with Crippen molar-refractivity contribution in [3.63, 3.8) is 0 Å². The Morgan fingerprint density at radius 3 is 2.35 bits per heavy atom. The van der Waals surface area contributed by atoms with Crippen LogP contribution in [0.1, 0.15) is 21.5 Å². The predicted octanol–water partition coefficient (Wildman–Crippen LogP) is 4.83. The number of nitrogens with zero attached hydrogens (tertiary/aromatic N) is 3. The zero-order valence-electron chi connectivity index (χ0n) is 22.2. The summed E-state index contributed by atoms with van der Waals surface area (Å²) in [4.78, 5) is 22.1. The van der Waals surface area contributed by atoms with Gasteiger partial charge in [0.2, 0.25) is 0 Å². The van der Waals surface area contributed by atoms with Crippen LogP contribution in [0.4, 0.5) is 15.2 Å². The van der Waals surface area contributed by atoms with Crippen molar-refractivity contribution in [3.8, 4) is 0 Å². The zero-order valence-corrected chi connectivity index (χ0v) is 24.6. The molecule has 0 radical (unpaired) electrons. The van der Waals surface area contributed by atoms with E-state index in [1.807, 2.05) is 0 Å². The van der Waals surface area contributed by atoms with Crippen LogP contribution in [0.25, 0.3) is 10.2 Å². The van der Waals surface area contributed by atoms with Crippen LogP contribution in [0.2, 0.25) is 0 Å². The van der Waals surface area contributed by atoms with E-state index in [1.54, 1.807) is 23.5 Å². The minimum Gasteiger partial charge on any atom is -0.351 e. The van der Waals surface area contributed by atoms with Crippen LogP contribution in [0.5, 0.6) is 0 Å². The molecule has 212 valence electrons. The van der Waals surface area contributed by atoms with Crippen molar-refractivity contribution in [1.82, 2.24) is 15.2 Å². The maximum Gasteiger partial charge on any atom is 0.261 e. The number of hydrogen-bond acceptors (Lipinski definition) is 7. The molecular weight excluding hydrogens is 573 g/mol. The molecule has 0 atom stereocenters. The molecule has 1 amide bonds. The molecule has 8 nitrogen and oxygen atoms in total. The third-order valence-corrected chi connectivity index (χ3v) is 9.16. The van der Waals surface area contributed by atoms with Gasteiger partial charge in [0.05, 0.1) is 15.1 Å². The average Bonchev–Trinajstić information content (AvgIpc) is 3.34. The Morgan fingerprint density at radius 1 is 1.00 bits per heavy atom. The molecule has 0 unspecified atom stereocenters. The summed E-state index contributed by atoms with van der Waals surface area (Å²) in [5.74, 6) is -0.733. The Morgan fingerprint density at radius 2 is 1.68 bits per heavy atom. The monoisotopic (exact) mass is 603 g/mol. The molecule has 3 aromatic carbocycles. The Bertz CT molecular complexity index is 1590. The number of anilines is 2. The molecule has 0 aliphatic carbocycles. The van der Waals surface area contributed by atoms with E-state index in [2.05, 4.69) is 45.8 Å². The van der Waals surface area contributed by atoms with Gasteiger partial charge < -0.3 is 10.2 Å². The summed E-state index contributed by atoms with van der Waals surface area (Å²) in [5.41, 5.74) is 4.30. The van der Waals surface area contributed by atoms with E-state index < -0.39 is 15.8 Å². The molecule has 12 heteroatoms. The SMILES string of the molecule is Cc1cc(C)c2nc(N3CCN(CCNC(=O)c4ccc(NS(=O)(=O)c5ccc(F)cc5)cc4)CC3)sc2c1.Cl. The largest absolute Gasteiger partial charge is 0.351 e. The van der Waals surface area contributed by atoms with Crippen molar-refractivity contribution in [2.24, 2.45) is 0 Å². The number of nitrogens with one attached hydrogen (secondary N) is 2. The lowest BCUT2D eigenvalue weighted by Crippen LogP contribution is -2.48. The maximum absolute atomic E-state index is 13.1. The van der Waals surface area contributed by atoms with Gasteiger partial charge in [0.25, 0.3) is 15.9 Å². The van der Waals surface area contributed by atoms with E-state index in [-0.39, 0.29) is 23.2 Å². The van der Waals surface area contributed by atoms with E-state index >= 15 is 0 Å². The standard InChI is InChI=1S/C28H30FN5O3S2.ClH/c1-19-17-20(2)26-25(18-19)38-28(31-26)34-15-13-33(14-16-34)12-11-30-27(35)21-3-7-23(8-4-21)32-39(36,37)24-9-5-22(29)6-10-24;/h3-10,17-18,32H,11-16H2,1-2H3,(H,30,35);1H. The number of fused-ring (bicyclic) bond motifs is 1. The molecular formula is C28H31ClFN5O3S2. The van der Waals surface area contributed by atoms with Gasteiger partial charge in [-0.2, -0.15) is 0 Å². The van der Waals surface area contributed by atoms with Gasteiger partial charge in [-0.3, -0.25) is 14.4 Å². The molecule has 1 aliphatic rings. The van der Waals surface area contributed by atoms with Crippen LogP contribution in [-0.4, -0.2) is 63.5 Å². The van der Waals surface area contributed by atoms with Crippen LogP contribution in [-0.2, 0) is 10.0 Å². The fourth-order valence-corrected chi connectivity index (χ4v) is 6.86. The summed E-state index contributed by atoms with van der Waals surface area (Å²) in [6.45, 7) is 9.05. The lowest BCUT2D eigenvalue weighted by atomic mass is 10.1. The highest BCUT2D eigenvalue weighted by atomic mass is 35.5. The fraction of sp³-hybridized carbons (Fsp3) is 0.286. The van der Waals surface area contributed by atoms with E-state index in [9.17, 15) is 17.6 Å². The molecule has 1 aromatic heterocycles. The van der Waals surface area contributed by atoms with E-state index in [0.29, 0.717) is 17.8 Å². The Balaban J connectivity index is 0.00000370. The third-order valence-electron chi connectivity index (χ3n) is 6.70. The summed E-state index contributed by atoms with van der Waals surface area (Å²) >= 11 is 1.74. The van der Waals surface area contributed by atoms with Crippen molar-refractivity contribution in [1.29, 1.82) is 0 Å². The van der Waals surface area contributed by atoms with Gasteiger partial charge in [0, 0.05) is 50.5 Å². The number of amides is 1. The summed E-state index contributed by atoms with van der Waals surface area (Å²) < 4.78 is 41.7. The maximum atomic E-state index is 13.1. The van der Waals surface area contributed by atoms with Gasteiger partial charge in [-0.05, 0) is 79.6 Å². The van der Waals surface area contributed by atoms with Crippen molar-refractivity contribution < 1.29 is 17.6 Å². The molecule has 0 spiro atoms. The van der Waals surface area contributed by atoms with Crippen LogP contribution in [0.15, 0.2) is 65.6 Å². The van der Waals surface area contributed by atoms with Gasteiger partial charge in [-0.25, -0.2) is 17.8 Å². The number of carbonyl (C=O) groups is 1.